The number of hydrogen-bond donors (Lipinski definition) is 1. The molecule has 1 N–H and O–H groups in total. The first kappa shape index (κ1) is 11.0. The first-order valence-electron chi connectivity index (χ1n) is 5.90. The topological polar surface area (TPSA) is 50.3 Å². The van der Waals surface area contributed by atoms with Gasteiger partial charge in [-0.1, -0.05) is 11.6 Å². The number of nitrogens with one attached hydrogen (secondary N) is 1. The zero-order valence-corrected chi connectivity index (χ0v) is 10.5. The molecule has 0 spiro atoms. The third-order valence-corrected chi connectivity index (χ3v) is 3.55. The lowest BCUT2D eigenvalue weighted by Gasteiger charge is -2.33. The second kappa shape index (κ2) is 4.31. The van der Waals surface area contributed by atoms with Crippen LogP contribution in [0.4, 0.5) is 11.8 Å². The second-order valence-electron chi connectivity index (χ2n) is 4.44. The average molecular weight is 255 g/mol. The minimum absolute atomic E-state index is 0.291. The fourth-order valence-corrected chi connectivity index (χ4v) is 2.53. The molecule has 1 saturated heterocycles. The van der Waals surface area contributed by atoms with Gasteiger partial charge in [0, 0.05) is 18.7 Å². The van der Waals surface area contributed by atoms with Gasteiger partial charge in [-0.2, -0.15) is 4.98 Å². The molecule has 3 rings (SSSR count). The van der Waals surface area contributed by atoms with Crippen LogP contribution in [0, 0.1) is 0 Å². The van der Waals surface area contributed by atoms with E-state index in [1.165, 1.54) is 0 Å². The number of anilines is 2. The van der Waals surface area contributed by atoms with Crippen molar-refractivity contribution in [3.05, 3.63) is 10.7 Å². The van der Waals surface area contributed by atoms with Gasteiger partial charge in [0.25, 0.3) is 0 Å². The van der Waals surface area contributed by atoms with Crippen LogP contribution in [0.5, 0.6) is 0 Å². The van der Waals surface area contributed by atoms with Crippen molar-refractivity contribution in [2.24, 2.45) is 0 Å². The lowest BCUT2D eigenvalue weighted by atomic mass is 10.2. The van der Waals surface area contributed by atoms with Gasteiger partial charge in [-0.3, -0.25) is 0 Å². The van der Waals surface area contributed by atoms with Crippen molar-refractivity contribution < 1.29 is 4.74 Å². The summed E-state index contributed by atoms with van der Waals surface area (Å²) in [6.45, 7) is 5.25. The molecule has 92 valence electrons. The monoisotopic (exact) mass is 254 g/mol. The SMILES string of the molecule is C[C@@H]1COCCN1c1nc(Cl)c2c(n1)NCC2. The molecule has 1 aromatic rings. The van der Waals surface area contributed by atoms with Crippen LogP contribution in [0.1, 0.15) is 12.5 Å². The zero-order valence-electron chi connectivity index (χ0n) is 9.74. The molecule has 5 nitrogen and oxygen atoms in total. The van der Waals surface area contributed by atoms with Crippen molar-refractivity contribution in [2.45, 2.75) is 19.4 Å². The molecule has 0 bridgehead atoms. The number of nitrogens with zero attached hydrogens (tertiary/aromatic N) is 3. The summed E-state index contributed by atoms with van der Waals surface area (Å²) in [4.78, 5) is 11.1. The summed E-state index contributed by atoms with van der Waals surface area (Å²) in [5.74, 6) is 1.60. The molecule has 1 atom stereocenters. The van der Waals surface area contributed by atoms with Crippen LogP contribution >= 0.6 is 11.6 Å². The predicted molar refractivity (Wildman–Crippen MR) is 66.9 cm³/mol. The molecule has 0 amide bonds. The van der Waals surface area contributed by atoms with Crippen molar-refractivity contribution in [1.29, 1.82) is 0 Å². The average Bonchev–Trinajstić information content (AvgIpc) is 2.78. The van der Waals surface area contributed by atoms with E-state index in [1.807, 2.05) is 0 Å². The quantitative estimate of drug-likeness (QED) is 0.766. The summed E-state index contributed by atoms with van der Waals surface area (Å²) in [6, 6.07) is 0.291. The van der Waals surface area contributed by atoms with Gasteiger partial charge < -0.3 is 15.0 Å². The van der Waals surface area contributed by atoms with E-state index in [-0.39, 0.29) is 0 Å². The highest BCUT2D eigenvalue weighted by Gasteiger charge is 2.25. The maximum absolute atomic E-state index is 6.19. The maximum atomic E-state index is 6.19. The molecule has 17 heavy (non-hydrogen) atoms. The van der Waals surface area contributed by atoms with E-state index in [0.717, 1.165) is 37.5 Å². The Morgan fingerprint density at radius 2 is 2.35 bits per heavy atom. The Bertz CT molecular complexity index is 440. The molecule has 2 aliphatic heterocycles. The van der Waals surface area contributed by atoms with Crippen molar-refractivity contribution in [3.63, 3.8) is 0 Å². The van der Waals surface area contributed by atoms with Crippen molar-refractivity contribution in [3.8, 4) is 0 Å². The largest absolute Gasteiger partial charge is 0.377 e. The lowest BCUT2D eigenvalue weighted by molar-refractivity contribution is 0.0981. The molecular formula is C11H15ClN4O. The van der Waals surface area contributed by atoms with E-state index in [2.05, 4.69) is 27.1 Å². The van der Waals surface area contributed by atoms with Gasteiger partial charge in [0.15, 0.2) is 0 Å². The molecule has 1 fully saturated rings. The van der Waals surface area contributed by atoms with Crippen molar-refractivity contribution in [1.82, 2.24) is 9.97 Å². The molecular weight excluding hydrogens is 240 g/mol. The number of ether oxygens (including phenoxy) is 1. The Morgan fingerprint density at radius 1 is 1.47 bits per heavy atom. The van der Waals surface area contributed by atoms with Gasteiger partial charge in [-0.05, 0) is 13.3 Å². The summed E-state index contributed by atoms with van der Waals surface area (Å²) in [5.41, 5.74) is 1.04. The highest BCUT2D eigenvalue weighted by atomic mass is 35.5. The number of morpholine rings is 1. The lowest BCUT2D eigenvalue weighted by Crippen LogP contribution is -2.44. The van der Waals surface area contributed by atoms with Gasteiger partial charge in [0.2, 0.25) is 5.95 Å². The minimum Gasteiger partial charge on any atom is -0.377 e. The van der Waals surface area contributed by atoms with Gasteiger partial charge in [-0.25, -0.2) is 4.98 Å². The molecule has 0 aromatic carbocycles. The molecule has 1 aromatic heterocycles. The van der Waals surface area contributed by atoms with Crippen LogP contribution in [0.15, 0.2) is 0 Å². The second-order valence-corrected chi connectivity index (χ2v) is 4.79. The summed E-state index contributed by atoms with van der Waals surface area (Å²) in [6.07, 6.45) is 0.910. The minimum atomic E-state index is 0.291. The van der Waals surface area contributed by atoms with Crippen molar-refractivity contribution in [2.75, 3.05) is 36.5 Å². The van der Waals surface area contributed by atoms with E-state index in [0.29, 0.717) is 23.8 Å². The smallest absolute Gasteiger partial charge is 0.229 e. The van der Waals surface area contributed by atoms with E-state index in [1.54, 1.807) is 0 Å². The van der Waals surface area contributed by atoms with E-state index < -0.39 is 0 Å². The third-order valence-electron chi connectivity index (χ3n) is 3.24. The Labute approximate surface area is 105 Å². The highest BCUT2D eigenvalue weighted by molar-refractivity contribution is 6.30. The summed E-state index contributed by atoms with van der Waals surface area (Å²) >= 11 is 6.19. The molecule has 6 heteroatoms. The molecule has 0 unspecified atom stereocenters. The molecule has 0 saturated carbocycles. The highest BCUT2D eigenvalue weighted by Crippen LogP contribution is 2.29. The zero-order chi connectivity index (χ0) is 11.8. The summed E-state index contributed by atoms with van der Waals surface area (Å²) in [5, 5.41) is 3.82. The number of fused-ring (bicyclic) bond motifs is 1. The van der Waals surface area contributed by atoms with Crippen LogP contribution in [0.3, 0.4) is 0 Å². The van der Waals surface area contributed by atoms with Crippen LogP contribution in [-0.4, -0.2) is 42.3 Å². The Morgan fingerprint density at radius 3 is 3.18 bits per heavy atom. The fourth-order valence-electron chi connectivity index (χ4n) is 2.27. The molecule has 0 aliphatic carbocycles. The van der Waals surface area contributed by atoms with Gasteiger partial charge in [0.1, 0.15) is 11.0 Å². The van der Waals surface area contributed by atoms with Crippen LogP contribution in [0.25, 0.3) is 0 Å². The third kappa shape index (κ3) is 1.93. The summed E-state index contributed by atoms with van der Waals surface area (Å²) in [7, 11) is 0. The standard InChI is InChI=1S/C11H15ClN4O/c1-7-6-17-5-4-16(7)11-14-9(12)8-2-3-13-10(8)15-11/h7H,2-6H2,1H3,(H,13,14,15)/t7-/m1/s1. The Hall–Kier alpha value is -1.07. The van der Waals surface area contributed by atoms with Crippen LogP contribution in [-0.2, 0) is 11.2 Å². The van der Waals surface area contributed by atoms with Crippen molar-refractivity contribution >= 4 is 23.4 Å². The Kier molecular flexibility index (Phi) is 2.80. The maximum Gasteiger partial charge on any atom is 0.229 e. The van der Waals surface area contributed by atoms with Gasteiger partial charge in [-0.15, -0.1) is 0 Å². The fraction of sp³-hybridized carbons (Fsp3) is 0.636. The Balaban J connectivity index is 1.95. The van der Waals surface area contributed by atoms with Gasteiger partial charge in [0.05, 0.1) is 19.3 Å². The number of aromatic nitrogens is 2. The van der Waals surface area contributed by atoms with Crippen LogP contribution < -0.4 is 10.2 Å². The van der Waals surface area contributed by atoms with E-state index in [9.17, 15) is 0 Å². The van der Waals surface area contributed by atoms with Crippen LogP contribution in [0.2, 0.25) is 5.15 Å². The first-order valence-corrected chi connectivity index (χ1v) is 6.28. The molecule has 0 radical (unpaired) electrons. The number of halogens is 1. The van der Waals surface area contributed by atoms with E-state index >= 15 is 0 Å². The normalized spacial score (nSPS) is 23.4. The van der Waals surface area contributed by atoms with Gasteiger partial charge >= 0.3 is 0 Å². The molecule has 2 aliphatic rings. The predicted octanol–water partition coefficient (Wildman–Crippen LogP) is 1.32. The van der Waals surface area contributed by atoms with E-state index in [4.69, 9.17) is 16.3 Å². The first-order chi connectivity index (χ1) is 8.25. The number of hydrogen-bond acceptors (Lipinski definition) is 5. The number of rotatable bonds is 1. The molecule has 3 heterocycles. The summed E-state index contributed by atoms with van der Waals surface area (Å²) < 4.78 is 5.41.